The number of aliphatic carboxylic acids is 1. The van der Waals surface area contributed by atoms with Gasteiger partial charge in [-0.05, 0) is 49.8 Å². The van der Waals surface area contributed by atoms with Gasteiger partial charge in [-0.1, -0.05) is 25.0 Å². The Balaban J connectivity index is 1.92. The molecule has 25 heavy (non-hydrogen) atoms. The second kappa shape index (κ2) is 7.06. The molecule has 3 rings (SSSR count). The SMILES string of the molecule is COc1cc(C2(C(=O)N3CCC[C@H](C(=O)O)C3)CCCC2)ccc1C. The van der Waals surface area contributed by atoms with Gasteiger partial charge in [0, 0.05) is 13.1 Å². The number of benzene rings is 1. The number of ether oxygens (including phenoxy) is 1. The molecule has 1 saturated heterocycles. The van der Waals surface area contributed by atoms with Crippen molar-refractivity contribution >= 4 is 11.9 Å². The van der Waals surface area contributed by atoms with E-state index in [0.717, 1.165) is 49.0 Å². The number of hydrogen-bond donors (Lipinski definition) is 1. The minimum atomic E-state index is -0.796. The van der Waals surface area contributed by atoms with E-state index in [9.17, 15) is 14.7 Å². The van der Waals surface area contributed by atoms with E-state index in [1.54, 1.807) is 12.0 Å². The maximum absolute atomic E-state index is 13.5. The highest BCUT2D eigenvalue weighted by Crippen LogP contribution is 2.44. The maximum atomic E-state index is 13.5. The second-order valence-electron chi connectivity index (χ2n) is 7.40. The van der Waals surface area contributed by atoms with E-state index in [2.05, 4.69) is 0 Å². The predicted molar refractivity (Wildman–Crippen MR) is 94.8 cm³/mol. The molecule has 1 aromatic rings. The van der Waals surface area contributed by atoms with Crippen LogP contribution in [0.25, 0.3) is 0 Å². The number of carbonyl (C=O) groups excluding carboxylic acids is 1. The van der Waals surface area contributed by atoms with Crippen molar-refractivity contribution in [3.05, 3.63) is 29.3 Å². The lowest BCUT2D eigenvalue weighted by atomic mass is 9.76. The molecule has 0 unspecified atom stereocenters. The van der Waals surface area contributed by atoms with E-state index in [1.165, 1.54) is 0 Å². The normalized spacial score (nSPS) is 22.6. The molecule has 1 amide bonds. The Bertz CT molecular complexity index is 664. The number of methoxy groups -OCH3 is 1. The summed E-state index contributed by atoms with van der Waals surface area (Å²) in [5.74, 6) is -0.334. The molecule has 136 valence electrons. The quantitative estimate of drug-likeness (QED) is 0.910. The number of nitrogens with zero attached hydrogens (tertiary/aromatic N) is 1. The summed E-state index contributed by atoms with van der Waals surface area (Å²) >= 11 is 0. The molecule has 2 aliphatic rings. The Morgan fingerprint density at radius 1 is 1.24 bits per heavy atom. The van der Waals surface area contributed by atoms with Gasteiger partial charge in [-0.15, -0.1) is 0 Å². The van der Waals surface area contributed by atoms with Gasteiger partial charge in [0.25, 0.3) is 0 Å². The van der Waals surface area contributed by atoms with Gasteiger partial charge in [-0.2, -0.15) is 0 Å². The van der Waals surface area contributed by atoms with Crippen LogP contribution in [0.15, 0.2) is 18.2 Å². The summed E-state index contributed by atoms with van der Waals surface area (Å²) in [7, 11) is 1.65. The fourth-order valence-corrected chi connectivity index (χ4v) is 4.39. The predicted octanol–water partition coefficient (Wildman–Crippen LogP) is 3.14. The minimum absolute atomic E-state index is 0.0989. The summed E-state index contributed by atoms with van der Waals surface area (Å²) in [6.45, 7) is 2.99. The molecule has 1 aliphatic carbocycles. The number of amides is 1. The Morgan fingerprint density at radius 3 is 2.60 bits per heavy atom. The van der Waals surface area contributed by atoms with Gasteiger partial charge in [0.05, 0.1) is 18.4 Å². The zero-order chi connectivity index (χ0) is 18.0. The van der Waals surface area contributed by atoms with Gasteiger partial charge >= 0.3 is 5.97 Å². The van der Waals surface area contributed by atoms with Crippen molar-refractivity contribution in [2.45, 2.75) is 50.9 Å². The van der Waals surface area contributed by atoms with Crippen LogP contribution in [-0.4, -0.2) is 42.1 Å². The van der Waals surface area contributed by atoms with Crippen LogP contribution in [-0.2, 0) is 15.0 Å². The average Bonchev–Trinajstić information content (AvgIpc) is 3.12. The molecule has 1 atom stereocenters. The second-order valence-corrected chi connectivity index (χ2v) is 7.40. The zero-order valence-corrected chi connectivity index (χ0v) is 15.1. The van der Waals surface area contributed by atoms with Crippen LogP contribution in [0.3, 0.4) is 0 Å². The van der Waals surface area contributed by atoms with Crippen LogP contribution in [0.1, 0.15) is 49.7 Å². The van der Waals surface area contributed by atoms with E-state index >= 15 is 0 Å². The van der Waals surface area contributed by atoms with Crippen molar-refractivity contribution in [3.8, 4) is 5.75 Å². The van der Waals surface area contributed by atoms with E-state index in [-0.39, 0.29) is 5.91 Å². The third-order valence-corrected chi connectivity index (χ3v) is 5.88. The minimum Gasteiger partial charge on any atom is -0.496 e. The third kappa shape index (κ3) is 3.24. The van der Waals surface area contributed by atoms with Gasteiger partial charge in [0.15, 0.2) is 0 Å². The molecular weight excluding hydrogens is 318 g/mol. The van der Waals surface area contributed by atoms with Crippen molar-refractivity contribution in [1.82, 2.24) is 4.90 Å². The van der Waals surface area contributed by atoms with Crippen LogP contribution < -0.4 is 4.74 Å². The third-order valence-electron chi connectivity index (χ3n) is 5.88. The van der Waals surface area contributed by atoms with E-state index < -0.39 is 17.3 Å². The fraction of sp³-hybridized carbons (Fsp3) is 0.600. The van der Waals surface area contributed by atoms with E-state index in [0.29, 0.717) is 19.5 Å². The van der Waals surface area contributed by atoms with Crippen molar-refractivity contribution < 1.29 is 19.4 Å². The van der Waals surface area contributed by atoms with Gasteiger partial charge in [-0.3, -0.25) is 9.59 Å². The average molecular weight is 345 g/mol. The molecule has 0 bridgehead atoms. The first-order valence-corrected chi connectivity index (χ1v) is 9.15. The molecule has 1 N–H and O–H groups in total. The monoisotopic (exact) mass is 345 g/mol. The fourth-order valence-electron chi connectivity index (χ4n) is 4.39. The number of carboxylic acid groups (broad SMARTS) is 1. The number of hydrogen-bond acceptors (Lipinski definition) is 3. The Hall–Kier alpha value is -2.04. The first kappa shape index (κ1) is 17.8. The molecule has 0 aromatic heterocycles. The maximum Gasteiger partial charge on any atom is 0.308 e. The molecule has 5 heteroatoms. The van der Waals surface area contributed by atoms with Crippen molar-refractivity contribution in [1.29, 1.82) is 0 Å². The Morgan fingerprint density at radius 2 is 1.96 bits per heavy atom. The van der Waals surface area contributed by atoms with E-state index in [1.807, 2.05) is 25.1 Å². The lowest BCUT2D eigenvalue weighted by Gasteiger charge is -2.38. The largest absolute Gasteiger partial charge is 0.496 e. The first-order chi connectivity index (χ1) is 12.0. The lowest BCUT2D eigenvalue weighted by Crippen LogP contribution is -2.50. The summed E-state index contributed by atoms with van der Waals surface area (Å²) in [6, 6.07) is 6.05. The van der Waals surface area contributed by atoms with Gasteiger partial charge < -0.3 is 14.7 Å². The van der Waals surface area contributed by atoms with Gasteiger partial charge in [-0.25, -0.2) is 0 Å². The smallest absolute Gasteiger partial charge is 0.308 e. The summed E-state index contributed by atoms with van der Waals surface area (Å²) in [6.07, 6.45) is 5.12. The molecule has 0 spiro atoms. The highest BCUT2D eigenvalue weighted by atomic mass is 16.5. The van der Waals surface area contributed by atoms with Crippen LogP contribution in [0.2, 0.25) is 0 Å². The molecule has 1 aliphatic heterocycles. The summed E-state index contributed by atoms with van der Waals surface area (Å²) in [5, 5.41) is 9.33. The molecule has 1 saturated carbocycles. The molecule has 1 aromatic carbocycles. The summed E-state index contributed by atoms with van der Waals surface area (Å²) < 4.78 is 5.46. The molecule has 1 heterocycles. The molecular formula is C20H27NO4. The number of carbonyl (C=O) groups is 2. The Labute approximate surface area is 149 Å². The highest BCUT2D eigenvalue weighted by molar-refractivity contribution is 5.89. The number of carboxylic acids is 1. The molecule has 0 radical (unpaired) electrons. The van der Waals surface area contributed by atoms with Crippen LogP contribution in [0.4, 0.5) is 0 Å². The van der Waals surface area contributed by atoms with Crippen LogP contribution >= 0.6 is 0 Å². The van der Waals surface area contributed by atoms with Crippen molar-refractivity contribution in [3.63, 3.8) is 0 Å². The van der Waals surface area contributed by atoms with Crippen LogP contribution in [0, 0.1) is 12.8 Å². The number of aryl methyl sites for hydroxylation is 1. The molecule has 2 fully saturated rings. The van der Waals surface area contributed by atoms with Gasteiger partial charge in [0.1, 0.15) is 5.75 Å². The van der Waals surface area contributed by atoms with Gasteiger partial charge in [0.2, 0.25) is 5.91 Å². The molecule has 5 nitrogen and oxygen atoms in total. The first-order valence-electron chi connectivity index (χ1n) is 9.15. The number of rotatable bonds is 4. The summed E-state index contributed by atoms with van der Waals surface area (Å²) in [5.41, 5.74) is 1.53. The lowest BCUT2D eigenvalue weighted by molar-refractivity contribution is -0.147. The van der Waals surface area contributed by atoms with E-state index in [4.69, 9.17) is 4.74 Å². The highest BCUT2D eigenvalue weighted by Gasteiger charge is 2.46. The number of likely N-dealkylation sites (tertiary alicyclic amines) is 1. The standard InChI is InChI=1S/C20H27NO4/c1-14-7-8-16(12-17(14)25-2)20(9-3-4-10-20)19(24)21-11-5-6-15(13-21)18(22)23/h7-8,12,15H,3-6,9-11,13H2,1-2H3,(H,22,23)/t15-/m0/s1. The summed E-state index contributed by atoms with van der Waals surface area (Å²) in [4.78, 5) is 26.6. The van der Waals surface area contributed by atoms with Crippen molar-refractivity contribution in [2.75, 3.05) is 20.2 Å². The van der Waals surface area contributed by atoms with Crippen LogP contribution in [0.5, 0.6) is 5.75 Å². The zero-order valence-electron chi connectivity index (χ0n) is 15.1. The Kier molecular flexibility index (Phi) is 5.02. The topological polar surface area (TPSA) is 66.8 Å². The van der Waals surface area contributed by atoms with Crippen molar-refractivity contribution in [2.24, 2.45) is 5.92 Å². The number of piperidine rings is 1.